The number of anilines is 2. The van der Waals surface area contributed by atoms with E-state index in [1.807, 2.05) is 42.5 Å². The topological polar surface area (TPSA) is 137 Å². The number of fused-ring (bicyclic) bond motifs is 2. The number of benzene rings is 4. The molecule has 0 atom stereocenters. The number of nitrogen functional groups attached to an aromatic ring is 2. The Morgan fingerprint density at radius 3 is 1.69 bits per heavy atom. The van der Waals surface area contributed by atoms with E-state index >= 15 is 0 Å². The molecule has 15 heteroatoms. The maximum atomic E-state index is 6.51. The van der Waals surface area contributed by atoms with Crippen LogP contribution in [0.5, 0.6) is 11.5 Å². The quantitative estimate of drug-likeness (QED) is 0.133. The summed E-state index contributed by atoms with van der Waals surface area (Å²) in [5.74, 6) is 1.89. The van der Waals surface area contributed by atoms with Gasteiger partial charge in [-0.1, -0.05) is 99.8 Å². The Morgan fingerprint density at radius 1 is 0.673 bits per heavy atom. The van der Waals surface area contributed by atoms with Gasteiger partial charge in [-0.15, -0.1) is 0 Å². The number of ether oxygens (including phenoxy) is 2. The molecule has 8 rings (SSSR count). The monoisotopic (exact) mass is 968 g/mol. The molecule has 55 heavy (non-hydrogen) atoms. The maximum Gasteiger partial charge on any atom is 0.220 e. The molecule has 0 amide bonds. The summed E-state index contributed by atoms with van der Waals surface area (Å²) in [7, 11) is 3.23. The lowest BCUT2D eigenvalue weighted by Gasteiger charge is -2.15. The SMILES string of the molecule is BrCc1ccccc1.COc1cc(-c2nc(N)nc3c2CN(Cc2ccccc2)C3)c(Cl)cc1Br.COc1cc(-c2nc(N)nc3c2CNC3)c(Cl)cc1Br. The van der Waals surface area contributed by atoms with Crippen molar-refractivity contribution < 1.29 is 9.47 Å². The van der Waals surface area contributed by atoms with Crippen molar-refractivity contribution in [1.29, 1.82) is 0 Å². The minimum absolute atomic E-state index is 0.250. The number of halogens is 5. The number of hydrogen-bond donors (Lipinski definition) is 3. The number of hydrogen-bond acceptors (Lipinski definition) is 10. The second-order valence-electron chi connectivity index (χ2n) is 12.5. The Labute approximate surface area is 355 Å². The molecule has 0 fully saturated rings. The summed E-state index contributed by atoms with van der Waals surface area (Å²) in [6.07, 6.45) is 0. The molecule has 0 unspecified atom stereocenters. The molecular weight excluding hydrogens is 935 g/mol. The lowest BCUT2D eigenvalue weighted by atomic mass is 10.1. The van der Waals surface area contributed by atoms with Crippen LogP contribution < -0.4 is 26.3 Å². The number of nitrogens with zero attached hydrogens (tertiary/aromatic N) is 5. The molecule has 4 heterocycles. The fraction of sp³-hybridized carbons (Fsp3) is 0.200. The molecule has 4 aromatic carbocycles. The highest BCUT2D eigenvalue weighted by molar-refractivity contribution is 9.11. The number of nitrogens with one attached hydrogen (secondary N) is 1. The highest BCUT2D eigenvalue weighted by atomic mass is 79.9. The van der Waals surface area contributed by atoms with Gasteiger partial charge in [0.05, 0.1) is 56.0 Å². The zero-order chi connectivity index (χ0) is 39.1. The molecule has 0 bridgehead atoms. The summed E-state index contributed by atoms with van der Waals surface area (Å²) < 4.78 is 12.3. The van der Waals surface area contributed by atoms with E-state index in [0.717, 1.165) is 78.9 Å². The van der Waals surface area contributed by atoms with Crippen molar-refractivity contribution in [2.75, 3.05) is 25.7 Å². The first-order valence-electron chi connectivity index (χ1n) is 17.0. The molecule has 0 aliphatic carbocycles. The third-order valence-electron chi connectivity index (χ3n) is 8.81. The van der Waals surface area contributed by atoms with Crippen LogP contribution in [-0.4, -0.2) is 39.1 Å². The number of nitrogens with two attached hydrogens (primary N) is 2. The summed E-state index contributed by atoms with van der Waals surface area (Å²) >= 11 is 23.1. The average molecular weight is 972 g/mol. The zero-order valence-corrected chi connectivity index (χ0v) is 36.2. The summed E-state index contributed by atoms with van der Waals surface area (Å²) in [4.78, 5) is 19.9. The zero-order valence-electron chi connectivity index (χ0n) is 29.9. The summed E-state index contributed by atoms with van der Waals surface area (Å²) in [5, 5.41) is 5.37. The fourth-order valence-corrected chi connectivity index (χ4v) is 8.38. The second kappa shape index (κ2) is 18.9. The lowest BCUT2D eigenvalue weighted by Crippen LogP contribution is -2.15. The largest absolute Gasteiger partial charge is 0.496 e. The molecule has 2 aliphatic heterocycles. The molecule has 0 saturated carbocycles. The van der Waals surface area contributed by atoms with Gasteiger partial charge in [-0.3, -0.25) is 4.90 Å². The molecule has 0 radical (unpaired) electrons. The van der Waals surface area contributed by atoms with Crippen LogP contribution in [0, 0.1) is 0 Å². The van der Waals surface area contributed by atoms with Gasteiger partial charge in [0.2, 0.25) is 11.9 Å². The van der Waals surface area contributed by atoms with E-state index in [2.05, 4.69) is 114 Å². The van der Waals surface area contributed by atoms with Crippen LogP contribution in [0.3, 0.4) is 0 Å². The van der Waals surface area contributed by atoms with Crippen LogP contribution in [0.4, 0.5) is 11.9 Å². The van der Waals surface area contributed by atoms with Crippen molar-refractivity contribution in [2.45, 2.75) is 38.1 Å². The molecule has 2 aromatic heterocycles. The Bertz CT molecular complexity index is 2290. The van der Waals surface area contributed by atoms with Crippen molar-refractivity contribution in [3.05, 3.63) is 138 Å². The van der Waals surface area contributed by atoms with Crippen LogP contribution in [-0.2, 0) is 38.1 Å². The normalized spacial score (nSPS) is 12.9. The standard InChI is InChI=1S/C20H18BrClN4O.C13H12BrClN4O.C7H7Br/c1-27-18-7-13(16(22)8-15(18)21)19-14-10-26(9-12-5-3-2-4-6-12)11-17(14)24-20(23)25-19;1-20-11-2-6(9(15)3-8(11)14)12-7-4-17-5-10(7)18-13(16)19-12;8-6-7-4-2-1-3-5-7/h2-8H,9-11H2,1H3,(H2,23,24,25);2-3,17H,4-5H2,1H3,(H2,16,18,19);1-5H,6H2. The predicted octanol–water partition coefficient (Wildman–Crippen LogP) is 10.0. The van der Waals surface area contributed by atoms with E-state index in [4.69, 9.17) is 44.1 Å². The van der Waals surface area contributed by atoms with Crippen LogP contribution in [0.25, 0.3) is 22.5 Å². The van der Waals surface area contributed by atoms with E-state index in [9.17, 15) is 0 Å². The molecule has 0 spiro atoms. The van der Waals surface area contributed by atoms with Crippen molar-refractivity contribution in [3.63, 3.8) is 0 Å². The van der Waals surface area contributed by atoms with Gasteiger partial charge >= 0.3 is 0 Å². The molecule has 0 saturated heterocycles. The summed E-state index contributed by atoms with van der Waals surface area (Å²) in [6.45, 7) is 3.72. The summed E-state index contributed by atoms with van der Waals surface area (Å²) in [6, 6.07) is 28.0. The molecule has 284 valence electrons. The summed E-state index contributed by atoms with van der Waals surface area (Å²) in [5.41, 5.74) is 21.4. The van der Waals surface area contributed by atoms with Crippen LogP contribution in [0.15, 0.2) is 93.9 Å². The first-order chi connectivity index (χ1) is 26.6. The van der Waals surface area contributed by atoms with E-state index in [-0.39, 0.29) is 11.9 Å². The Hall–Kier alpha value is -3.82. The predicted molar refractivity (Wildman–Crippen MR) is 231 cm³/mol. The fourth-order valence-electron chi connectivity index (χ4n) is 6.23. The van der Waals surface area contributed by atoms with Crippen molar-refractivity contribution in [3.8, 4) is 34.0 Å². The smallest absolute Gasteiger partial charge is 0.220 e. The second-order valence-corrected chi connectivity index (χ2v) is 15.6. The Kier molecular flexibility index (Phi) is 14.0. The Balaban J connectivity index is 0.000000160. The average Bonchev–Trinajstić information content (AvgIpc) is 3.82. The number of methoxy groups -OCH3 is 2. The van der Waals surface area contributed by atoms with Gasteiger partial charge in [-0.05, 0) is 67.3 Å². The molecule has 2 aliphatic rings. The Morgan fingerprint density at radius 2 is 1.18 bits per heavy atom. The van der Waals surface area contributed by atoms with Gasteiger partial charge in [-0.2, -0.15) is 0 Å². The van der Waals surface area contributed by atoms with E-state index in [1.165, 1.54) is 11.1 Å². The van der Waals surface area contributed by atoms with Crippen LogP contribution in [0.2, 0.25) is 10.0 Å². The van der Waals surface area contributed by atoms with Crippen LogP contribution in [0.1, 0.15) is 33.6 Å². The lowest BCUT2D eigenvalue weighted by molar-refractivity contribution is 0.274. The van der Waals surface area contributed by atoms with E-state index in [1.54, 1.807) is 20.3 Å². The third kappa shape index (κ3) is 9.95. The van der Waals surface area contributed by atoms with Gasteiger partial charge in [0.25, 0.3) is 0 Å². The molecule has 10 nitrogen and oxygen atoms in total. The van der Waals surface area contributed by atoms with Crippen molar-refractivity contribution in [2.24, 2.45) is 0 Å². The molecule has 5 N–H and O–H groups in total. The number of alkyl halides is 1. The van der Waals surface area contributed by atoms with Gasteiger partial charge in [-0.25, -0.2) is 19.9 Å². The molecular formula is C40H37Br3Cl2N8O2. The van der Waals surface area contributed by atoms with E-state index in [0.29, 0.717) is 34.6 Å². The van der Waals surface area contributed by atoms with E-state index < -0.39 is 0 Å². The van der Waals surface area contributed by atoms with Gasteiger partial charge in [0, 0.05) is 60.3 Å². The van der Waals surface area contributed by atoms with Gasteiger partial charge in [0.1, 0.15) is 11.5 Å². The first-order valence-corrected chi connectivity index (χ1v) is 20.5. The van der Waals surface area contributed by atoms with Gasteiger partial charge < -0.3 is 26.3 Å². The van der Waals surface area contributed by atoms with Crippen molar-refractivity contribution in [1.82, 2.24) is 30.2 Å². The van der Waals surface area contributed by atoms with Crippen LogP contribution >= 0.6 is 71.0 Å². The highest BCUT2D eigenvalue weighted by Gasteiger charge is 2.27. The molecule has 6 aromatic rings. The highest BCUT2D eigenvalue weighted by Crippen LogP contribution is 2.41. The minimum Gasteiger partial charge on any atom is -0.496 e. The third-order valence-corrected chi connectivity index (χ3v) is 11.3. The number of aromatic nitrogens is 4. The van der Waals surface area contributed by atoms with Gasteiger partial charge in [0.15, 0.2) is 0 Å². The maximum absolute atomic E-state index is 6.51. The minimum atomic E-state index is 0.250. The number of rotatable bonds is 7. The first kappa shape index (κ1) is 40.8. The van der Waals surface area contributed by atoms with Crippen molar-refractivity contribution >= 4 is 82.9 Å².